The van der Waals surface area contributed by atoms with Crippen LogP contribution in [0.2, 0.25) is 0 Å². The number of nitrogens with zero attached hydrogens (tertiary/aromatic N) is 1. The van der Waals surface area contributed by atoms with Crippen molar-refractivity contribution in [2.75, 3.05) is 19.5 Å². The van der Waals surface area contributed by atoms with Crippen LogP contribution in [0, 0.1) is 5.82 Å². The number of benzene rings is 2. The van der Waals surface area contributed by atoms with Gasteiger partial charge in [0.2, 0.25) is 5.91 Å². The summed E-state index contributed by atoms with van der Waals surface area (Å²) in [4.78, 5) is 16.7. The fourth-order valence-corrected chi connectivity index (χ4v) is 3.20. The molecule has 1 amide bonds. The van der Waals surface area contributed by atoms with Gasteiger partial charge in [0.15, 0.2) is 5.13 Å². The van der Waals surface area contributed by atoms with Crippen molar-refractivity contribution in [1.82, 2.24) is 4.98 Å². The average Bonchev–Trinajstić information content (AvgIpc) is 3.10. The summed E-state index contributed by atoms with van der Waals surface area (Å²) in [5.74, 6) is 0.708. The highest BCUT2D eigenvalue weighted by atomic mass is 32.1. The van der Waals surface area contributed by atoms with E-state index in [1.54, 1.807) is 49.9 Å². The maximum atomic E-state index is 13.3. The lowest BCUT2D eigenvalue weighted by atomic mass is 10.1. The van der Waals surface area contributed by atoms with Crippen LogP contribution < -0.4 is 14.8 Å². The zero-order chi connectivity index (χ0) is 18.5. The summed E-state index contributed by atoms with van der Waals surface area (Å²) in [6.45, 7) is 0. The number of hydrogen-bond acceptors (Lipinski definition) is 5. The molecule has 0 spiro atoms. The molecule has 1 N–H and O–H groups in total. The lowest BCUT2D eigenvalue weighted by molar-refractivity contribution is -0.115. The van der Waals surface area contributed by atoms with Gasteiger partial charge in [0.05, 0.1) is 26.3 Å². The Balaban J connectivity index is 1.71. The van der Waals surface area contributed by atoms with Crippen LogP contribution in [0.3, 0.4) is 0 Å². The maximum absolute atomic E-state index is 13.3. The largest absolute Gasteiger partial charge is 0.497 e. The molecule has 0 bridgehead atoms. The highest BCUT2D eigenvalue weighted by molar-refractivity contribution is 7.14. The summed E-state index contributed by atoms with van der Waals surface area (Å²) in [6, 6.07) is 11.5. The Labute approximate surface area is 154 Å². The zero-order valence-electron chi connectivity index (χ0n) is 14.3. The predicted octanol–water partition coefficient (Wildman–Crippen LogP) is 4.15. The number of rotatable bonds is 6. The minimum atomic E-state index is -0.328. The molecule has 0 unspecified atom stereocenters. The number of aromatic nitrogens is 1. The molecule has 134 valence electrons. The van der Waals surface area contributed by atoms with Crippen molar-refractivity contribution in [2.24, 2.45) is 0 Å². The molecule has 2 aromatic carbocycles. The highest BCUT2D eigenvalue weighted by Gasteiger charge is 2.13. The van der Waals surface area contributed by atoms with E-state index < -0.39 is 0 Å². The molecule has 0 saturated heterocycles. The van der Waals surface area contributed by atoms with Crippen LogP contribution >= 0.6 is 11.3 Å². The molecule has 5 nitrogen and oxygen atoms in total. The van der Waals surface area contributed by atoms with E-state index in [4.69, 9.17) is 9.47 Å². The minimum absolute atomic E-state index is 0.120. The van der Waals surface area contributed by atoms with E-state index in [9.17, 15) is 9.18 Å². The van der Waals surface area contributed by atoms with E-state index in [2.05, 4.69) is 10.3 Å². The number of nitrogens with one attached hydrogen (secondary N) is 1. The summed E-state index contributed by atoms with van der Waals surface area (Å²) in [7, 11) is 3.12. The molecular formula is C19H17FN2O3S. The first-order chi connectivity index (χ1) is 12.6. The topological polar surface area (TPSA) is 60.5 Å². The standard InChI is InChI=1S/C19H17FN2O3S/c1-24-15-6-7-17(25-2)13(9-15)10-18(23)22-19-21-16(11-26-19)12-4-3-5-14(20)8-12/h3-9,11H,10H2,1-2H3,(H,21,22,23). The van der Waals surface area contributed by atoms with E-state index in [0.717, 1.165) is 0 Å². The van der Waals surface area contributed by atoms with Crippen molar-refractivity contribution in [3.05, 3.63) is 59.2 Å². The van der Waals surface area contributed by atoms with Crippen molar-refractivity contribution in [3.8, 4) is 22.8 Å². The molecule has 0 saturated carbocycles. The Hall–Kier alpha value is -2.93. The second-order valence-corrected chi connectivity index (χ2v) is 6.31. The van der Waals surface area contributed by atoms with Gasteiger partial charge in [0.25, 0.3) is 0 Å². The summed E-state index contributed by atoms with van der Waals surface area (Å²) in [5.41, 5.74) is 1.99. The van der Waals surface area contributed by atoms with E-state index >= 15 is 0 Å². The summed E-state index contributed by atoms with van der Waals surface area (Å²) >= 11 is 1.29. The van der Waals surface area contributed by atoms with Gasteiger partial charge in [-0.3, -0.25) is 4.79 Å². The molecule has 0 aliphatic rings. The minimum Gasteiger partial charge on any atom is -0.497 e. The third-order valence-corrected chi connectivity index (χ3v) is 4.47. The number of amides is 1. The Morgan fingerprint density at radius 2 is 2.04 bits per heavy atom. The number of hydrogen-bond donors (Lipinski definition) is 1. The molecule has 0 fully saturated rings. The summed E-state index contributed by atoms with van der Waals surface area (Å²) in [5, 5.41) is 4.99. The third-order valence-electron chi connectivity index (χ3n) is 3.71. The third kappa shape index (κ3) is 4.18. The van der Waals surface area contributed by atoms with Gasteiger partial charge >= 0.3 is 0 Å². The van der Waals surface area contributed by atoms with Gasteiger partial charge in [0.1, 0.15) is 17.3 Å². The lowest BCUT2D eigenvalue weighted by Gasteiger charge is -2.10. The van der Waals surface area contributed by atoms with Gasteiger partial charge in [-0.25, -0.2) is 9.37 Å². The summed E-state index contributed by atoms with van der Waals surface area (Å²) < 4.78 is 23.8. The van der Waals surface area contributed by atoms with Crippen LogP contribution in [0.1, 0.15) is 5.56 Å². The number of thiazole rings is 1. The molecule has 7 heteroatoms. The predicted molar refractivity (Wildman–Crippen MR) is 99.4 cm³/mol. The molecular weight excluding hydrogens is 355 g/mol. The molecule has 0 atom stereocenters. The molecule has 1 heterocycles. The van der Waals surface area contributed by atoms with E-state index in [-0.39, 0.29) is 18.1 Å². The number of carbonyl (C=O) groups excluding carboxylic acids is 1. The number of ether oxygens (including phenoxy) is 2. The van der Waals surface area contributed by atoms with Crippen LogP contribution in [0.5, 0.6) is 11.5 Å². The van der Waals surface area contributed by atoms with Crippen molar-refractivity contribution in [1.29, 1.82) is 0 Å². The normalized spacial score (nSPS) is 10.4. The number of methoxy groups -OCH3 is 2. The van der Waals surface area contributed by atoms with Crippen LogP contribution in [0.25, 0.3) is 11.3 Å². The average molecular weight is 372 g/mol. The van der Waals surface area contributed by atoms with Crippen molar-refractivity contribution in [2.45, 2.75) is 6.42 Å². The summed E-state index contributed by atoms with van der Waals surface area (Å²) in [6.07, 6.45) is 0.120. The molecule has 1 aromatic heterocycles. The van der Waals surface area contributed by atoms with Crippen molar-refractivity contribution in [3.63, 3.8) is 0 Å². The van der Waals surface area contributed by atoms with Crippen LogP contribution in [0.4, 0.5) is 9.52 Å². The van der Waals surface area contributed by atoms with Crippen molar-refractivity contribution >= 4 is 22.4 Å². The molecule has 3 aromatic rings. The van der Waals surface area contributed by atoms with Gasteiger partial charge in [-0.15, -0.1) is 11.3 Å². The quantitative estimate of drug-likeness (QED) is 0.706. The Bertz CT molecular complexity index is 927. The number of carbonyl (C=O) groups is 1. The second kappa shape index (κ2) is 7.97. The van der Waals surface area contributed by atoms with Gasteiger partial charge in [-0.1, -0.05) is 12.1 Å². The van der Waals surface area contributed by atoms with E-state index in [1.165, 1.54) is 23.5 Å². The first kappa shape index (κ1) is 17.9. The van der Waals surface area contributed by atoms with Crippen LogP contribution in [0.15, 0.2) is 47.8 Å². The second-order valence-electron chi connectivity index (χ2n) is 5.45. The molecule has 26 heavy (non-hydrogen) atoms. The fourth-order valence-electron chi connectivity index (χ4n) is 2.47. The van der Waals surface area contributed by atoms with Gasteiger partial charge < -0.3 is 14.8 Å². The van der Waals surface area contributed by atoms with Gasteiger partial charge in [-0.2, -0.15) is 0 Å². The van der Waals surface area contributed by atoms with E-state index in [0.29, 0.717) is 33.5 Å². The Morgan fingerprint density at radius 3 is 2.77 bits per heavy atom. The Morgan fingerprint density at radius 1 is 1.19 bits per heavy atom. The van der Waals surface area contributed by atoms with Crippen LogP contribution in [-0.2, 0) is 11.2 Å². The number of halogens is 1. The number of anilines is 1. The SMILES string of the molecule is COc1ccc(OC)c(CC(=O)Nc2nc(-c3cccc(F)c3)cs2)c1. The highest BCUT2D eigenvalue weighted by Crippen LogP contribution is 2.27. The van der Waals surface area contributed by atoms with Gasteiger partial charge in [0, 0.05) is 16.5 Å². The Kier molecular flexibility index (Phi) is 5.48. The van der Waals surface area contributed by atoms with Gasteiger partial charge in [-0.05, 0) is 30.3 Å². The monoisotopic (exact) mass is 372 g/mol. The molecule has 0 aliphatic carbocycles. The molecule has 0 aliphatic heterocycles. The van der Waals surface area contributed by atoms with E-state index in [1.807, 2.05) is 0 Å². The fraction of sp³-hybridized carbons (Fsp3) is 0.158. The zero-order valence-corrected chi connectivity index (χ0v) is 15.1. The lowest BCUT2D eigenvalue weighted by Crippen LogP contribution is -2.14. The first-order valence-electron chi connectivity index (χ1n) is 7.81. The smallest absolute Gasteiger partial charge is 0.230 e. The molecule has 0 radical (unpaired) electrons. The van der Waals surface area contributed by atoms with Crippen LogP contribution in [-0.4, -0.2) is 25.1 Å². The first-order valence-corrected chi connectivity index (χ1v) is 8.69. The molecule has 3 rings (SSSR count). The van der Waals surface area contributed by atoms with Crippen molar-refractivity contribution < 1.29 is 18.7 Å². The maximum Gasteiger partial charge on any atom is 0.230 e.